The SMILES string of the molecule is OCCOc1ccc(NC2CCN(C3CCCC3)CC2)cc1. The topological polar surface area (TPSA) is 44.7 Å². The average Bonchev–Trinajstić information content (AvgIpc) is 3.09. The van der Waals surface area contributed by atoms with E-state index in [4.69, 9.17) is 9.84 Å². The third-order valence-corrected chi connectivity index (χ3v) is 4.96. The molecule has 1 heterocycles. The van der Waals surface area contributed by atoms with Gasteiger partial charge in [-0.25, -0.2) is 0 Å². The summed E-state index contributed by atoms with van der Waals surface area (Å²) in [4.78, 5) is 2.71. The quantitative estimate of drug-likeness (QED) is 0.848. The number of ether oxygens (including phenoxy) is 1. The maximum atomic E-state index is 8.76. The molecule has 0 amide bonds. The van der Waals surface area contributed by atoms with Crippen LogP contribution in [0.4, 0.5) is 5.69 Å². The molecule has 2 aliphatic rings. The number of hydrogen-bond donors (Lipinski definition) is 2. The van der Waals surface area contributed by atoms with Gasteiger partial charge < -0.3 is 20.1 Å². The lowest BCUT2D eigenvalue weighted by Gasteiger charge is -2.36. The molecule has 0 unspecified atom stereocenters. The number of nitrogens with one attached hydrogen (secondary N) is 1. The fraction of sp³-hybridized carbons (Fsp3) is 0.667. The lowest BCUT2D eigenvalue weighted by Crippen LogP contribution is -2.43. The fourth-order valence-corrected chi connectivity index (χ4v) is 3.72. The number of benzene rings is 1. The van der Waals surface area contributed by atoms with Crippen LogP contribution in [0.2, 0.25) is 0 Å². The van der Waals surface area contributed by atoms with Crippen LogP contribution in [0.15, 0.2) is 24.3 Å². The second kappa shape index (κ2) is 7.84. The average molecular weight is 304 g/mol. The van der Waals surface area contributed by atoms with Crippen molar-refractivity contribution in [3.8, 4) is 5.75 Å². The van der Waals surface area contributed by atoms with Crippen molar-refractivity contribution in [2.75, 3.05) is 31.6 Å². The second-order valence-electron chi connectivity index (χ2n) is 6.49. The Bertz CT molecular complexity index is 435. The number of hydrogen-bond acceptors (Lipinski definition) is 4. The predicted octanol–water partition coefficient (Wildman–Crippen LogP) is 2.88. The summed E-state index contributed by atoms with van der Waals surface area (Å²) in [6, 6.07) is 9.51. The van der Waals surface area contributed by atoms with Crippen LogP contribution in [0.3, 0.4) is 0 Å². The van der Waals surface area contributed by atoms with Crippen LogP contribution in [0, 0.1) is 0 Å². The molecule has 2 N–H and O–H groups in total. The van der Waals surface area contributed by atoms with Gasteiger partial charge in [0, 0.05) is 30.9 Å². The molecule has 4 nitrogen and oxygen atoms in total. The summed E-state index contributed by atoms with van der Waals surface area (Å²) < 4.78 is 5.39. The first kappa shape index (κ1) is 15.6. The summed E-state index contributed by atoms with van der Waals surface area (Å²) >= 11 is 0. The van der Waals surface area contributed by atoms with Crippen molar-refractivity contribution < 1.29 is 9.84 Å². The molecule has 2 fully saturated rings. The van der Waals surface area contributed by atoms with Gasteiger partial charge in [-0.15, -0.1) is 0 Å². The third kappa shape index (κ3) is 4.14. The van der Waals surface area contributed by atoms with Gasteiger partial charge in [-0.3, -0.25) is 0 Å². The van der Waals surface area contributed by atoms with Crippen LogP contribution in [0.5, 0.6) is 5.75 Å². The molecule has 4 heteroatoms. The molecular weight excluding hydrogens is 276 g/mol. The van der Waals surface area contributed by atoms with Crippen LogP contribution in [-0.2, 0) is 0 Å². The van der Waals surface area contributed by atoms with Gasteiger partial charge in [-0.1, -0.05) is 12.8 Å². The van der Waals surface area contributed by atoms with Crippen LogP contribution < -0.4 is 10.1 Å². The van der Waals surface area contributed by atoms with E-state index in [1.807, 2.05) is 12.1 Å². The van der Waals surface area contributed by atoms with E-state index in [9.17, 15) is 0 Å². The van der Waals surface area contributed by atoms with Gasteiger partial charge in [0.05, 0.1) is 6.61 Å². The van der Waals surface area contributed by atoms with E-state index in [2.05, 4.69) is 22.3 Å². The van der Waals surface area contributed by atoms with Crippen molar-refractivity contribution in [2.24, 2.45) is 0 Å². The number of likely N-dealkylation sites (tertiary alicyclic amines) is 1. The van der Waals surface area contributed by atoms with Crippen molar-refractivity contribution in [3.63, 3.8) is 0 Å². The van der Waals surface area contributed by atoms with Crippen molar-refractivity contribution in [1.29, 1.82) is 0 Å². The van der Waals surface area contributed by atoms with E-state index in [0.29, 0.717) is 12.6 Å². The smallest absolute Gasteiger partial charge is 0.119 e. The molecule has 0 bridgehead atoms. The zero-order chi connectivity index (χ0) is 15.2. The van der Waals surface area contributed by atoms with Crippen molar-refractivity contribution >= 4 is 5.69 Å². The number of rotatable bonds is 6. The molecule has 122 valence electrons. The highest BCUT2D eigenvalue weighted by Gasteiger charge is 2.26. The molecule has 1 aliphatic carbocycles. The molecule has 0 aromatic heterocycles. The molecule has 1 saturated carbocycles. The molecule has 0 radical (unpaired) electrons. The van der Waals surface area contributed by atoms with Crippen LogP contribution >= 0.6 is 0 Å². The third-order valence-electron chi connectivity index (χ3n) is 4.96. The Kier molecular flexibility index (Phi) is 5.57. The molecule has 22 heavy (non-hydrogen) atoms. The lowest BCUT2D eigenvalue weighted by molar-refractivity contribution is 0.159. The Morgan fingerprint density at radius 2 is 1.73 bits per heavy atom. The number of nitrogens with zero attached hydrogens (tertiary/aromatic N) is 1. The monoisotopic (exact) mass is 304 g/mol. The Hall–Kier alpha value is -1.26. The fourth-order valence-electron chi connectivity index (χ4n) is 3.72. The first-order valence-electron chi connectivity index (χ1n) is 8.69. The Labute approximate surface area is 133 Å². The van der Waals surface area contributed by atoms with E-state index in [0.717, 1.165) is 17.5 Å². The Morgan fingerprint density at radius 1 is 1.05 bits per heavy atom. The van der Waals surface area contributed by atoms with E-state index in [-0.39, 0.29) is 6.61 Å². The van der Waals surface area contributed by atoms with E-state index in [1.54, 1.807) is 0 Å². The summed E-state index contributed by atoms with van der Waals surface area (Å²) in [6.07, 6.45) is 8.14. The number of piperidine rings is 1. The maximum Gasteiger partial charge on any atom is 0.119 e. The molecule has 1 saturated heterocycles. The van der Waals surface area contributed by atoms with Crippen molar-refractivity contribution in [3.05, 3.63) is 24.3 Å². The number of aliphatic hydroxyl groups excluding tert-OH is 1. The maximum absolute atomic E-state index is 8.76. The van der Waals surface area contributed by atoms with Crippen LogP contribution in [-0.4, -0.2) is 48.4 Å². The lowest BCUT2D eigenvalue weighted by atomic mass is 10.0. The van der Waals surface area contributed by atoms with E-state index >= 15 is 0 Å². The molecule has 0 spiro atoms. The van der Waals surface area contributed by atoms with E-state index < -0.39 is 0 Å². The molecule has 1 aliphatic heterocycles. The second-order valence-corrected chi connectivity index (χ2v) is 6.49. The minimum atomic E-state index is 0.0551. The molecule has 1 aromatic rings. The van der Waals surface area contributed by atoms with Crippen LogP contribution in [0.25, 0.3) is 0 Å². The Morgan fingerprint density at radius 3 is 2.36 bits per heavy atom. The van der Waals surface area contributed by atoms with Gasteiger partial charge in [0.25, 0.3) is 0 Å². The van der Waals surface area contributed by atoms with Gasteiger partial charge in [0.1, 0.15) is 12.4 Å². The van der Waals surface area contributed by atoms with Gasteiger partial charge in [-0.2, -0.15) is 0 Å². The summed E-state index contributed by atoms with van der Waals surface area (Å²) in [6.45, 7) is 2.88. The molecule has 3 rings (SSSR count). The van der Waals surface area contributed by atoms with Crippen LogP contribution in [0.1, 0.15) is 38.5 Å². The zero-order valence-corrected chi connectivity index (χ0v) is 13.3. The van der Waals surface area contributed by atoms with Gasteiger partial charge in [-0.05, 0) is 49.9 Å². The first-order chi connectivity index (χ1) is 10.8. The highest BCUT2D eigenvalue weighted by molar-refractivity contribution is 5.47. The normalized spacial score (nSPS) is 21.1. The van der Waals surface area contributed by atoms with Crippen molar-refractivity contribution in [2.45, 2.75) is 50.6 Å². The number of aliphatic hydroxyl groups is 1. The molecular formula is C18H28N2O2. The highest BCUT2D eigenvalue weighted by Crippen LogP contribution is 2.27. The molecule has 0 atom stereocenters. The van der Waals surface area contributed by atoms with Gasteiger partial charge >= 0.3 is 0 Å². The zero-order valence-electron chi connectivity index (χ0n) is 13.3. The van der Waals surface area contributed by atoms with Gasteiger partial charge in [0.2, 0.25) is 0 Å². The largest absolute Gasteiger partial charge is 0.491 e. The predicted molar refractivity (Wildman–Crippen MR) is 89.5 cm³/mol. The Balaban J connectivity index is 1.44. The standard InChI is InChI=1S/C18H28N2O2/c21-13-14-22-18-7-5-15(6-8-18)19-16-9-11-20(12-10-16)17-3-1-2-4-17/h5-8,16-17,19,21H,1-4,9-14H2. The van der Waals surface area contributed by atoms with Gasteiger partial charge in [0.15, 0.2) is 0 Å². The summed E-state index contributed by atoms with van der Waals surface area (Å²) in [7, 11) is 0. The van der Waals surface area contributed by atoms with E-state index in [1.165, 1.54) is 51.6 Å². The minimum Gasteiger partial charge on any atom is -0.491 e. The highest BCUT2D eigenvalue weighted by atomic mass is 16.5. The summed E-state index contributed by atoms with van der Waals surface area (Å²) in [5.74, 6) is 0.815. The first-order valence-corrected chi connectivity index (χ1v) is 8.69. The summed E-state index contributed by atoms with van der Waals surface area (Å²) in [5, 5.41) is 12.4. The van der Waals surface area contributed by atoms with Crippen molar-refractivity contribution in [1.82, 2.24) is 4.90 Å². The number of anilines is 1. The minimum absolute atomic E-state index is 0.0551. The summed E-state index contributed by atoms with van der Waals surface area (Å²) in [5.41, 5.74) is 1.16. The molecule has 1 aromatic carbocycles.